The van der Waals surface area contributed by atoms with E-state index in [1.165, 1.54) is 6.07 Å². The molecular weight excluding hydrogens is 260 g/mol. The lowest BCUT2D eigenvalue weighted by molar-refractivity contribution is 0.206. The molecule has 1 unspecified atom stereocenters. The Bertz CT molecular complexity index is 616. The Balaban J connectivity index is 1.91. The Kier molecular flexibility index (Phi) is 3.46. The average molecular weight is 275 g/mol. The van der Waals surface area contributed by atoms with Crippen LogP contribution in [-0.2, 0) is 13.1 Å². The number of nitrogens with two attached hydrogens (primary N) is 1. The number of benzene rings is 1. The molecule has 0 spiro atoms. The van der Waals surface area contributed by atoms with Crippen LogP contribution < -0.4 is 5.73 Å². The molecule has 3 nitrogen and oxygen atoms in total. The molecule has 0 amide bonds. The van der Waals surface area contributed by atoms with E-state index >= 15 is 0 Å². The third-order valence-electron chi connectivity index (χ3n) is 3.64. The first-order valence-electron chi connectivity index (χ1n) is 6.51. The van der Waals surface area contributed by atoms with Gasteiger partial charge in [-0.05, 0) is 23.8 Å². The molecule has 1 aliphatic rings. The predicted molar refractivity (Wildman–Crippen MR) is 71.6 cm³/mol. The van der Waals surface area contributed by atoms with Crippen LogP contribution in [0.25, 0.3) is 0 Å². The van der Waals surface area contributed by atoms with Crippen LogP contribution in [0.15, 0.2) is 36.5 Å². The van der Waals surface area contributed by atoms with Crippen LogP contribution in [0, 0.1) is 11.6 Å². The van der Waals surface area contributed by atoms with Crippen molar-refractivity contribution in [3.8, 4) is 0 Å². The van der Waals surface area contributed by atoms with Gasteiger partial charge in [-0.3, -0.25) is 9.88 Å². The van der Waals surface area contributed by atoms with Crippen molar-refractivity contribution in [1.82, 2.24) is 9.88 Å². The molecule has 0 radical (unpaired) electrons. The van der Waals surface area contributed by atoms with Gasteiger partial charge in [-0.1, -0.05) is 6.07 Å². The monoisotopic (exact) mass is 275 g/mol. The van der Waals surface area contributed by atoms with Crippen LogP contribution in [-0.4, -0.2) is 16.4 Å². The number of hydrogen-bond donors (Lipinski definition) is 1. The minimum atomic E-state index is -0.545. The highest BCUT2D eigenvalue weighted by atomic mass is 19.1. The lowest BCUT2D eigenvalue weighted by Crippen LogP contribution is -2.28. The van der Waals surface area contributed by atoms with Crippen LogP contribution in [0.3, 0.4) is 0 Å². The SMILES string of the molecule is NCC1c2c(F)cc(F)cc2CN1Cc1ccccn1. The van der Waals surface area contributed by atoms with Gasteiger partial charge in [0.05, 0.1) is 11.7 Å². The molecule has 104 valence electrons. The molecular formula is C15H15F2N3. The van der Waals surface area contributed by atoms with Gasteiger partial charge in [0, 0.05) is 37.5 Å². The van der Waals surface area contributed by atoms with E-state index < -0.39 is 11.6 Å². The highest BCUT2D eigenvalue weighted by Gasteiger charge is 2.32. The van der Waals surface area contributed by atoms with Gasteiger partial charge in [-0.25, -0.2) is 8.78 Å². The second-order valence-electron chi connectivity index (χ2n) is 4.94. The highest BCUT2D eigenvalue weighted by Crippen LogP contribution is 2.36. The number of aromatic nitrogens is 1. The molecule has 5 heteroatoms. The smallest absolute Gasteiger partial charge is 0.131 e. The largest absolute Gasteiger partial charge is 0.329 e. The van der Waals surface area contributed by atoms with E-state index in [9.17, 15) is 8.78 Å². The summed E-state index contributed by atoms with van der Waals surface area (Å²) in [6.07, 6.45) is 1.72. The molecule has 0 aliphatic carbocycles. The molecule has 0 fully saturated rings. The van der Waals surface area contributed by atoms with E-state index in [1.54, 1.807) is 6.20 Å². The highest BCUT2D eigenvalue weighted by molar-refractivity contribution is 5.36. The maximum Gasteiger partial charge on any atom is 0.131 e. The van der Waals surface area contributed by atoms with Gasteiger partial charge in [0.25, 0.3) is 0 Å². The third-order valence-corrected chi connectivity index (χ3v) is 3.64. The van der Waals surface area contributed by atoms with Crippen molar-refractivity contribution in [2.24, 2.45) is 5.73 Å². The first-order chi connectivity index (χ1) is 9.69. The minimum Gasteiger partial charge on any atom is -0.329 e. The van der Waals surface area contributed by atoms with Crippen molar-refractivity contribution in [3.05, 3.63) is 65.0 Å². The Labute approximate surface area is 116 Å². The molecule has 0 saturated carbocycles. The zero-order valence-corrected chi connectivity index (χ0v) is 10.9. The molecule has 1 aromatic carbocycles. The van der Waals surface area contributed by atoms with Crippen LogP contribution >= 0.6 is 0 Å². The van der Waals surface area contributed by atoms with Crippen LogP contribution in [0.5, 0.6) is 0 Å². The molecule has 1 atom stereocenters. The number of pyridine rings is 1. The minimum absolute atomic E-state index is 0.229. The van der Waals surface area contributed by atoms with Crippen LogP contribution in [0.1, 0.15) is 22.9 Å². The lowest BCUT2D eigenvalue weighted by atomic mass is 10.0. The predicted octanol–water partition coefficient (Wildman–Crippen LogP) is 2.38. The number of fused-ring (bicyclic) bond motifs is 1. The Morgan fingerprint density at radius 1 is 1.30 bits per heavy atom. The summed E-state index contributed by atoms with van der Waals surface area (Å²) in [4.78, 5) is 6.29. The Morgan fingerprint density at radius 2 is 2.15 bits per heavy atom. The van der Waals surface area contributed by atoms with Gasteiger partial charge in [-0.2, -0.15) is 0 Å². The van der Waals surface area contributed by atoms with Gasteiger partial charge in [0.15, 0.2) is 0 Å². The first-order valence-corrected chi connectivity index (χ1v) is 6.51. The molecule has 2 heterocycles. The Hall–Kier alpha value is -1.85. The summed E-state index contributed by atoms with van der Waals surface area (Å²) in [5.74, 6) is -1.06. The standard InChI is InChI=1S/C15H15F2N3/c16-11-5-10-8-20(9-12-3-1-2-4-19-12)14(7-18)15(10)13(17)6-11/h1-6,14H,7-9,18H2. The maximum absolute atomic E-state index is 14.0. The first kappa shape index (κ1) is 13.1. The summed E-state index contributed by atoms with van der Waals surface area (Å²) in [5.41, 5.74) is 7.86. The number of rotatable bonds is 3. The van der Waals surface area contributed by atoms with Crippen molar-refractivity contribution in [3.63, 3.8) is 0 Å². The summed E-state index contributed by atoms with van der Waals surface area (Å²) >= 11 is 0. The summed E-state index contributed by atoms with van der Waals surface area (Å²) < 4.78 is 27.3. The zero-order chi connectivity index (χ0) is 14.1. The Morgan fingerprint density at radius 3 is 2.85 bits per heavy atom. The fourth-order valence-electron chi connectivity index (χ4n) is 2.79. The second-order valence-corrected chi connectivity index (χ2v) is 4.94. The van der Waals surface area contributed by atoms with Crippen molar-refractivity contribution in [2.75, 3.05) is 6.54 Å². The second kappa shape index (κ2) is 5.26. The van der Waals surface area contributed by atoms with E-state index in [2.05, 4.69) is 4.98 Å². The molecule has 2 N–H and O–H groups in total. The quantitative estimate of drug-likeness (QED) is 0.935. The maximum atomic E-state index is 14.0. The number of hydrogen-bond acceptors (Lipinski definition) is 3. The fraction of sp³-hybridized carbons (Fsp3) is 0.267. The van der Waals surface area contributed by atoms with E-state index in [0.717, 1.165) is 11.8 Å². The van der Waals surface area contributed by atoms with Crippen LogP contribution in [0.4, 0.5) is 8.78 Å². The summed E-state index contributed by atoms with van der Waals surface area (Å²) in [5, 5.41) is 0. The van der Waals surface area contributed by atoms with E-state index in [4.69, 9.17) is 5.73 Å². The molecule has 3 rings (SSSR count). The molecule has 2 aromatic rings. The van der Waals surface area contributed by atoms with Gasteiger partial charge < -0.3 is 5.73 Å². The average Bonchev–Trinajstić information content (AvgIpc) is 2.77. The topological polar surface area (TPSA) is 42.1 Å². The van der Waals surface area contributed by atoms with Crippen molar-refractivity contribution in [1.29, 1.82) is 0 Å². The number of nitrogens with zero attached hydrogens (tertiary/aromatic N) is 2. The van der Waals surface area contributed by atoms with E-state index in [-0.39, 0.29) is 6.04 Å². The fourth-order valence-corrected chi connectivity index (χ4v) is 2.79. The normalized spacial score (nSPS) is 18.2. The van der Waals surface area contributed by atoms with Crippen molar-refractivity contribution >= 4 is 0 Å². The summed E-state index contributed by atoms with van der Waals surface area (Å²) in [7, 11) is 0. The number of halogens is 2. The van der Waals surface area contributed by atoms with Gasteiger partial charge in [0.2, 0.25) is 0 Å². The molecule has 1 aliphatic heterocycles. The molecule has 20 heavy (non-hydrogen) atoms. The van der Waals surface area contributed by atoms with E-state index in [1.807, 2.05) is 23.1 Å². The van der Waals surface area contributed by atoms with Gasteiger partial charge in [-0.15, -0.1) is 0 Å². The van der Waals surface area contributed by atoms with Crippen LogP contribution in [0.2, 0.25) is 0 Å². The zero-order valence-electron chi connectivity index (χ0n) is 10.9. The van der Waals surface area contributed by atoms with E-state index in [0.29, 0.717) is 30.8 Å². The molecule has 0 bridgehead atoms. The lowest BCUT2D eigenvalue weighted by Gasteiger charge is -2.23. The molecule has 0 saturated heterocycles. The van der Waals surface area contributed by atoms with Crippen molar-refractivity contribution in [2.45, 2.75) is 19.1 Å². The third kappa shape index (κ3) is 2.30. The summed E-state index contributed by atoms with van der Waals surface area (Å²) in [6.45, 7) is 1.35. The molecule has 1 aromatic heterocycles. The van der Waals surface area contributed by atoms with Gasteiger partial charge in [0.1, 0.15) is 11.6 Å². The van der Waals surface area contributed by atoms with Crippen molar-refractivity contribution < 1.29 is 8.78 Å². The summed E-state index contributed by atoms with van der Waals surface area (Å²) in [6, 6.07) is 7.74. The van der Waals surface area contributed by atoms with Gasteiger partial charge >= 0.3 is 0 Å².